The zero-order chi connectivity index (χ0) is 23.1. The Morgan fingerprint density at radius 2 is 2.09 bits per heavy atom. The first kappa shape index (κ1) is 23.0. The van der Waals surface area contributed by atoms with Crippen LogP contribution in [0.4, 0.5) is 10.5 Å². The Balaban J connectivity index is 1.75. The zero-order valence-electron chi connectivity index (χ0n) is 17.4. The molecule has 1 aliphatic carbocycles. The summed E-state index contributed by atoms with van der Waals surface area (Å²) < 4.78 is 6.63. The molecular formula is C23H23N3O5S. The SMILES string of the molecule is COc1cccc([C@H](CC(=O)O)NC(=O)Nc2cccn(CC3=CC=CCC3=S)c2=O)c1. The van der Waals surface area contributed by atoms with Crippen LogP contribution in [-0.2, 0) is 11.3 Å². The molecule has 166 valence electrons. The molecule has 1 atom stereocenters. The Morgan fingerprint density at radius 3 is 2.81 bits per heavy atom. The van der Waals surface area contributed by atoms with E-state index in [9.17, 15) is 19.5 Å². The molecule has 3 rings (SSSR count). The maximum atomic E-state index is 12.8. The second-order valence-corrected chi connectivity index (χ2v) is 7.62. The van der Waals surface area contributed by atoms with Crippen molar-refractivity contribution in [1.29, 1.82) is 0 Å². The summed E-state index contributed by atoms with van der Waals surface area (Å²) in [6, 6.07) is 8.41. The molecule has 0 spiro atoms. The number of aromatic nitrogens is 1. The molecule has 0 aliphatic heterocycles. The second kappa shape index (κ2) is 10.5. The molecule has 0 radical (unpaired) electrons. The molecule has 32 heavy (non-hydrogen) atoms. The van der Waals surface area contributed by atoms with Crippen molar-refractivity contribution in [2.75, 3.05) is 12.4 Å². The molecule has 0 unspecified atom stereocenters. The predicted octanol–water partition coefficient (Wildman–Crippen LogP) is 3.45. The van der Waals surface area contributed by atoms with Crippen molar-refractivity contribution in [3.05, 3.63) is 82.3 Å². The van der Waals surface area contributed by atoms with Crippen molar-refractivity contribution in [2.45, 2.75) is 25.4 Å². The van der Waals surface area contributed by atoms with Gasteiger partial charge >= 0.3 is 12.0 Å². The van der Waals surface area contributed by atoms with E-state index in [4.69, 9.17) is 17.0 Å². The maximum Gasteiger partial charge on any atom is 0.319 e. The summed E-state index contributed by atoms with van der Waals surface area (Å²) in [5, 5.41) is 14.4. The summed E-state index contributed by atoms with van der Waals surface area (Å²) in [7, 11) is 1.50. The van der Waals surface area contributed by atoms with E-state index in [0.29, 0.717) is 24.3 Å². The van der Waals surface area contributed by atoms with Gasteiger partial charge in [0, 0.05) is 17.5 Å². The van der Waals surface area contributed by atoms with Gasteiger partial charge in [-0.3, -0.25) is 9.59 Å². The smallest absolute Gasteiger partial charge is 0.319 e. The highest BCUT2D eigenvalue weighted by molar-refractivity contribution is 7.80. The fraction of sp³-hybridized carbons (Fsp3) is 0.217. The first-order chi connectivity index (χ1) is 15.4. The average Bonchev–Trinajstić information content (AvgIpc) is 2.77. The van der Waals surface area contributed by atoms with Gasteiger partial charge in [0.2, 0.25) is 0 Å². The average molecular weight is 454 g/mol. The van der Waals surface area contributed by atoms with Crippen LogP contribution in [0.3, 0.4) is 0 Å². The first-order valence-electron chi connectivity index (χ1n) is 9.89. The Bertz CT molecular complexity index is 1150. The molecule has 2 amide bonds. The van der Waals surface area contributed by atoms with E-state index in [-0.39, 0.29) is 12.1 Å². The van der Waals surface area contributed by atoms with Crippen LogP contribution in [0.25, 0.3) is 0 Å². The number of pyridine rings is 1. The molecule has 0 fully saturated rings. The number of amides is 2. The van der Waals surface area contributed by atoms with Crippen molar-refractivity contribution in [1.82, 2.24) is 9.88 Å². The number of carboxylic acid groups (broad SMARTS) is 1. The van der Waals surface area contributed by atoms with E-state index in [2.05, 4.69) is 10.6 Å². The lowest BCUT2D eigenvalue weighted by Gasteiger charge is -2.19. The monoisotopic (exact) mass is 453 g/mol. The summed E-state index contributed by atoms with van der Waals surface area (Å²) in [6.45, 7) is 0.296. The molecular weight excluding hydrogens is 430 g/mol. The lowest BCUT2D eigenvalue weighted by atomic mass is 10.0. The minimum atomic E-state index is -1.08. The van der Waals surface area contributed by atoms with Crippen LogP contribution in [0.15, 0.2) is 71.2 Å². The van der Waals surface area contributed by atoms with Crippen LogP contribution < -0.4 is 20.9 Å². The number of nitrogens with zero attached hydrogens (tertiary/aromatic N) is 1. The van der Waals surface area contributed by atoms with Crippen molar-refractivity contribution < 1.29 is 19.4 Å². The molecule has 9 heteroatoms. The third-order valence-corrected chi connectivity index (χ3v) is 5.31. The van der Waals surface area contributed by atoms with Crippen LogP contribution in [0, 0.1) is 0 Å². The first-order valence-corrected chi connectivity index (χ1v) is 10.3. The van der Waals surface area contributed by atoms with Gasteiger partial charge in [0.05, 0.1) is 26.1 Å². The van der Waals surface area contributed by atoms with Gasteiger partial charge in [-0.15, -0.1) is 0 Å². The van der Waals surface area contributed by atoms with Crippen molar-refractivity contribution in [3.8, 4) is 5.75 Å². The lowest BCUT2D eigenvalue weighted by Crippen LogP contribution is -2.36. The van der Waals surface area contributed by atoms with Gasteiger partial charge in [0.1, 0.15) is 11.4 Å². The number of hydrogen-bond donors (Lipinski definition) is 3. The normalized spacial score (nSPS) is 13.8. The highest BCUT2D eigenvalue weighted by Gasteiger charge is 2.20. The summed E-state index contributed by atoms with van der Waals surface area (Å²) in [4.78, 5) is 37.5. The molecule has 0 saturated heterocycles. The summed E-state index contributed by atoms with van der Waals surface area (Å²) in [5.41, 5.74) is 1.11. The number of allylic oxidation sites excluding steroid dienone is 4. The number of ether oxygens (including phenoxy) is 1. The van der Waals surface area contributed by atoms with E-state index >= 15 is 0 Å². The van der Waals surface area contributed by atoms with Gasteiger partial charge in [0.25, 0.3) is 5.56 Å². The molecule has 1 aliphatic rings. The molecule has 0 bridgehead atoms. The van der Waals surface area contributed by atoms with Crippen LogP contribution in [0.1, 0.15) is 24.4 Å². The standard InChI is InChI=1S/C23H23N3O5S/c1-31-17-8-4-7-15(12-17)19(13-21(27)28)25-23(30)24-18-9-5-11-26(22(18)29)14-16-6-2-3-10-20(16)32/h2-9,11-12,19H,10,13-14H2,1H3,(H,27,28)(H2,24,25,30)/t19-/m0/s1. The van der Waals surface area contributed by atoms with E-state index in [1.807, 2.05) is 18.2 Å². The number of methoxy groups -OCH3 is 1. The third-order valence-electron chi connectivity index (χ3n) is 4.88. The quantitative estimate of drug-likeness (QED) is 0.528. The van der Waals surface area contributed by atoms with Crippen LogP contribution in [0.5, 0.6) is 5.75 Å². The number of urea groups is 1. The fourth-order valence-electron chi connectivity index (χ4n) is 3.27. The Morgan fingerprint density at radius 1 is 1.28 bits per heavy atom. The van der Waals surface area contributed by atoms with Gasteiger partial charge in [0.15, 0.2) is 0 Å². The van der Waals surface area contributed by atoms with Gasteiger partial charge in [-0.05, 0) is 35.4 Å². The number of thiocarbonyl (C=S) groups is 1. The molecule has 3 N–H and O–H groups in total. The number of rotatable bonds is 8. The van der Waals surface area contributed by atoms with Crippen molar-refractivity contribution in [2.24, 2.45) is 0 Å². The molecule has 1 aromatic heterocycles. The minimum Gasteiger partial charge on any atom is -0.497 e. The van der Waals surface area contributed by atoms with E-state index < -0.39 is 23.6 Å². The molecule has 0 saturated carbocycles. The second-order valence-electron chi connectivity index (χ2n) is 7.13. The largest absolute Gasteiger partial charge is 0.497 e. The Labute approximate surface area is 190 Å². The van der Waals surface area contributed by atoms with Crippen molar-refractivity contribution >= 4 is 34.8 Å². The number of carboxylic acids is 1. The predicted molar refractivity (Wildman–Crippen MR) is 125 cm³/mol. The van der Waals surface area contributed by atoms with Gasteiger partial charge < -0.3 is 25.0 Å². The van der Waals surface area contributed by atoms with Crippen LogP contribution >= 0.6 is 12.2 Å². The lowest BCUT2D eigenvalue weighted by molar-refractivity contribution is -0.137. The summed E-state index contributed by atoms with van der Waals surface area (Å²) in [5.74, 6) is -0.540. The minimum absolute atomic E-state index is 0.0718. The maximum absolute atomic E-state index is 12.8. The Kier molecular flexibility index (Phi) is 7.56. The van der Waals surface area contributed by atoms with Crippen molar-refractivity contribution in [3.63, 3.8) is 0 Å². The number of benzene rings is 1. The van der Waals surface area contributed by atoms with E-state index in [1.54, 1.807) is 36.5 Å². The number of anilines is 1. The zero-order valence-corrected chi connectivity index (χ0v) is 18.2. The topological polar surface area (TPSA) is 110 Å². The number of hydrogen-bond acceptors (Lipinski definition) is 5. The summed E-state index contributed by atoms with van der Waals surface area (Å²) in [6.07, 6.45) is 7.66. The number of carbonyl (C=O) groups is 2. The highest BCUT2D eigenvalue weighted by Crippen LogP contribution is 2.22. The molecule has 8 nitrogen and oxygen atoms in total. The number of nitrogens with one attached hydrogen (secondary N) is 2. The third kappa shape index (κ3) is 5.92. The number of carbonyl (C=O) groups excluding carboxylic acids is 1. The molecule has 2 aromatic rings. The Hall–Kier alpha value is -3.72. The van der Waals surface area contributed by atoms with E-state index in [1.165, 1.54) is 17.7 Å². The van der Waals surface area contributed by atoms with Gasteiger partial charge in [-0.25, -0.2) is 4.79 Å². The van der Waals surface area contributed by atoms with Crippen LogP contribution in [-0.4, -0.2) is 33.6 Å². The summed E-state index contributed by atoms with van der Waals surface area (Å²) >= 11 is 5.35. The van der Waals surface area contributed by atoms with Gasteiger partial charge in [-0.2, -0.15) is 0 Å². The number of aliphatic carboxylic acids is 1. The highest BCUT2D eigenvalue weighted by atomic mass is 32.1. The fourth-order valence-corrected chi connectivity index (χ4v) is 3.49. The molecule has 1 heterocycles. The van der Waals surface area contributed by atoms with E-state index in [0.717, 1.165) is 10.4 Å². The van der Waals surface area contributed by atoms with Gasteiger partial charge in [-0.1, -0.05) is 42.6 Å². The molecule has 1 aromatic carbocycles. The van der Waals surface area contributed by atoms with Crippen LogP contribution in [0.2, 0.25) is 0 Å².